The maximum atomic E-state index is 12.2. The van der Waals surface area contributed by atoms with E-state index in [1.807, 2.05) is 5.38 Å². The quantitative estimate of drug-likeness (QED) is 0.812. The number of benzene rings is 1. The van der Waals surface area contributed by atoms with Gasteiger partial charge in [-0.15, -0.1) is 11.3 Å². The number of hydrogen-bond donors (Lipinski definition) is 1. The van der Waals surface area contributed by atoms with Crippen LogP contribution in [0.3, 0.4) is 0 Å². The van der Waals surface area contributed by atoms with E-state index in [1.165, 1.54) is 18.4 Å². The summed E-state index contributed by atoms with van der Waals surface area (Å²) < 4.78 is 0. The average molecular weight is 399 g/mol. The van der Waals surface area contributed by atoms with Crippen LogP contribution in [-0.2, 0) is 17.8 Å². The minimum absolute atomic E-state index is 0.103. The van der Waals surface area contributed by atoms with Gasteiger partial charge in [0.15, 0.2) is 0 Å². The fraction of sp³-hybridized carbons (Fsp3) is 0.545. The van der Waals surface area contributed by atoms with Crippen molar-refractivity contribution in [1.82, 2.24) is 20.1 Å². The van der Waals surface area contributed by atoms with Crippen molar-refractivity contribution in [3.05, 3.63) is 40.9 Å². The van der Waals surface area contributed by atoms with Crippen LogP contribution in [0.5, 0.6) is 0 Å². The number of likely N-dealkylation sites (N-methyl/N-ethyl adjacent to an activating group) is 1. The fourth-order valence-corrected chi connectivity index (χ4v) is 4.88. The Hall–Kier alpha value is -1.76. The third kappa shape index (κ3) is 5.19. The molecule has 0 unspecified atom stereocenters. The summed E-state index contributed by atoms with van der Waals surface area (Å²) in [6.07, 6.45) is 5.09. The second-order valence-corrected chi connectivity index (χ2v) is 9.00. The van der Waals surface area contributed by atoms with Gasteiger partial charge in [0, 0.05) is 49.7 Å². The van der Waals surface area contributed by atoms with Crippen LogP contribution in [0.1, 0.15) is 36.9 Å². The molecule has 1 aliphatic heterocycles. The number of hydrogen-bond acceptors (Lipinski definition) is 5. The Morgan fingerprint density at radius 2 is 1.86 bits per heavy atom. The summed E-state index contributed by atoms with van der Waals surface area (Å²) in [5, 5.41) is 6.15. The molecule has 2 aliphatic rings. The number of carbonyl (C=O) groups is 1. The minimum atomic E-state index is 0.103. The van der Waals surface area contributed by atoms with E-state index >= 15 is 0 Å². The zero-order valence-corrected chi connectivity index (χ0v) is 17.5. The summed E-state index contributed by atoms with van der Waals surface area (Å²) in [5.74, 6) is 0.103. The van der Waals surface area contributed by atoms with Gasteiger partial charge in [-0.25, -0.2) is 4.98 Å². The first-order chi connectivity index (χ1) is 13.7. The predicted octanol–water partition coefficient (Wildman–Crippen LogP) is 3.16. The highest BCUT2D eigenvalue weighted by atomic mass is 32.1. The van der Waals surface area contributed by atoms with E-state index in [9.17, 15) is 4.79 Å². The molecule has 0 radical (unpaired) electrons. The third-order valence-electron chi connectivity index (χ3n) is 5.82. The molecule has 6 heteroatoms. The van der Waals surface area contributed by atoms with Gasteiger partial charge in [0.05, 0.1) is 12.1 Å². The van der Waals surface area contributed by atoms with E-state index in [2.05, 4.69) is 46.4 Å². The number of piperazine rings is 1. The molecule has 0 bridgehead atoms. The number of nitrogens with one attached hydrogen (secondary N) is 1. The highest BCUT2D eigenvalue weighted by Crippen LogP contribution is 2.25. The molecule has 150 valence electrons. The van der Waals surface area contributed by atoms with E-state index in [1.54, 1.807) is 11.3 Å². The zero-order valence-electron chi connectivity index (χ0n) is 16.7. The maximum Gasteiger partial charge on any atom is 0.226 e. The molecular formula is C22H30N4OS. The van der Waals surface area contributed by atoms with Crippen molar-refractivity contribution in [1.29, 1.82) is 0 Å². The number of rotatable bonds is 6. The minimum Gasteiger partial charge on any atom is -0.353 e. The zero-order chi connectivity index (χ0) is 19.3. The van der Waals surface area contributed by atoms with E-state index in [0.29, 0.717) is 12.5 Å². The van der Waals surface area contributed by atoms with Crippen molar-refractivity contribution < 1.29 is 4.79 Å². The average Bonchev–Trinajstić information content (AvgIpc) is 3.36. The molecular weight excluding hydrogens is 368 g/mol. The monoisotopic (exact) mass is 398 g/mol. The van der Waals surface area contributed by atoms with Crippen LogP contribution < -0.4 is 5.32 Å². The molecule has 28 heavy (non-hydrogen) atoms. The van der Waals surface area contributed by atoms with E-state index < -0.39 is 0 Å². The van der Waals surface area contributed by atoms with Crippen LogP contribution in [0, 0.1) is 0 Å². The van der Waals surface area contributed by atoms with E-state index in [-0.39, 0.29) is 5.91 Å². The highest BCUT2D eigenvalue weighted by Gasteiger charge is 2.18. The first kappa shape index (κ1) is 19.6. The molecule has 1 amide bonds. The van der Waals surface area contributed by atoms with Gasteiger partial charge in [-0.1, -0.05) is 37.1 Å². The molecule has 1 aromatic carbocycles. The summed E-state index contributed by atoms with van der Waals surface area (Å²) in [7, 11) is 2.19. The van der Waals surface area contributed by atoms with Gasteiger partial charge in [-0.3, -0.25) is 9.69 Å². The maximum absolute atomic E-state index is 12.2. The van der Waals surface area contributed by atoms with Crippen LogP contribution in [0.4, 0.5) is 0 Å². The Labute approximate surface area is 171 Å². The van der Waals surface area contributed by atoms with Crippen LogP contribution in [0.15, 0.2) is 29.6 Å². The molecule has 1 aromatic heterocycles. The molecule has 5 nitrogen and oxygen atoms in total. The van der Waals surface area contributed by atoms with Crippen molar-refractivity contribution in [2.24, 2.45) is 0 Å². The number of amides is 1. The normalized spacial score (nSPS) is 19.2. The summed E-state index contributed by atoms with van der Waals surface area (Å²) in [5.41, 5.74) is 3.35. The van der Waals surface area contributed by atoms with Gasteiger partial charge in [0.2, 0.25) is 5.91 Å². The van der Waals surface area contributed by atoms with Crippen LogP contribution in [-0.4, -0.2) is 60.0 Å². The third-order valence-corrected chi connectivity index (χ3v) is 6.76. The van der Waals surface area contributed by atoms with Crippen LogP contribution in [0.25, 0.3) is 10.6 Å². The second-order valence-electron chi connectivity index (χ2n) is 8.15. The first-order valence-electron chi connectivity index (χ1n) is 10.4. The molecule has 2 fully saturated rings. The van der Waals surface area contributed by atoms with E-state index in [4.69, 9.17) is 4.98 Å². The topological polar surface area (TPSA) is 48.5 Å². The van der Waals surface area contributed by atoms with Crippen molar-refractivity contribution >= 4 is 17.2 Å². The second kappa shape index (κ2) is 9.16. The molecule has 1 aliphatic carbocycles. The van der Waals surface area contributed by atoms with Crippen LogP contribution in [0.2, 0.25) is 0 Å². The van der Waals surface area contributed by atoms with Gasteiger partial charge < -0.3 is 10.2 Å². The fourth-order valence-electron chi connectivity index (χ4n) is 4.05. The lowest BCUT2D eigenvalue weighted by Gasteiger charge is -2.32. The van der Waals surface area contributed by atoms with Crippen molar-refractivity contribution in [2.75, 3.05) is 33.2 Å². The van der Waals surface area contributed by atoms with Gasteiger partial charge in [-0.2, -0.15) is 0 Å². The molecule has 0 atom stereocenters. The number of aromatic nitrogens is 1. The lowest BCUT2D eigenvalue weighted by atomic mass is 10.1. The standard InChI is InChI=1S/C22H30N4OS/c1-25-10-12-26(13-11-25)15-17-6-8-18(9-7-17)22-24-20(16-28-22)14-21(27)23-19-4-2-3-5-19/h6-9,16,19H,2-5,10-15H2,1H3,(H,23,27). The lowest BCUT2D eigenvalue weighted by molar-refractivity contribution is -0.121. The van der Waals surface area contributed by atoms with Crippen molar-refractivity contribution in [2.45, 2.75) is 44.7 Å². The lowest BCUT2D eigenvalue weighted by Crippen LogP contribution is -2.43. The smallest absolute Gasteiger partial charge is 0.226 e. The molecule has 0 spiro atoms. The molecule has 4 rings (SSSR count). The van der Waals surface area contributed by atoms with Gasteiger partial charge in [0.1, 0.15) is 5.01 Å². The predicted molar refractivity (Wildman–Crippen MR) is 114 cm³/mol. The summed E-state index contributed by atoms with van der Waals surface area (Å²) >= 11 is 1.62. The van der Waals surface area contributed by atoms with Gasteiger partial charge in [-0.05, 0) is 25.5 Å². The highest BCUT2D eigenvalue weighted by molar-refractivity contribution is 7.13. The van der Waals surface area contributed by atoms with Crippen molar-refractivity contribution in [3.8, 4) is 10.6 Å². The molecule has 2 heterocycles. The Bertz CT molecular complexity index is 774. The SMILES string of the molecule is CN1CCN(Cc2ccc(-c3nc(CC(=O)NC4CCCC4)cs3)cc2)CC1. The molecule has 2 aromatic rings. The molecule has 1 saturated heterocycles. The van der Waals surface area contributed by atoms with Crippen LogP contribution >= 0.6 is 11.3 Å². The van der Waals surface area contributed by atoms with Crippen molar-refractivity contribution in [3.63, 3.8) is 0 Å². The summed E-state index contributed by atoms with van der Waals surface area (Å²) in [6, 6.07) is 9.11. The Morgan fingerprint density at radius 3 is 2.57 bits per heavy atom. The molecule has 1 saturated carbocycles. The number of nitrogens with zero attached hydrogens (tertiary/aromatic N) is 3. The Kier molecular flexibility index (Phi) is 6.40. The largest absolute Gasteiger partial charge is 0.353 e. The Balaban J connectivity index is 1.31. The van der Waals surface area contributed by atoms with Gasteiger partial charge >= 0.3 is 0 Å². The summed E-state index contributed by atoms with van der Waals surface area (Å²) in [6.45, 7) is 5.58. The summed E-state index contributed by atoms with van der Waals surface area (Å²) in [4.78, 5) is 21.8. The van der Waals surface area contributed by atoms with E-state index in [0.717, 1.165) is 61.8 Å². The van der Waals surface area contributed by atoms with Gasteiger partial charge in [0.25, 0.3) is 0 Å². The number of carbonyl (C=O) groups excluding carboxylic acids is 1. The molecule has 1 N–H and O–H groups in total. The number of thiazole rings is 1. The Morgan fingerprint density at radius 1 is 1.14 bits per heavy atom. The first-order valence-corrected chi connectivity index (χ1v) is 11.3.